The number of carbonyl (C=O) groups is 1. The molecule has 3 aromatic rings. The largest absolute Gasteiger partial charge is 0.492 e. The number of anilines is 1. The number of halogens is 2. The summed E-state index contributed by atoms with van der Waals surface area (Å²) in [5.74, 6) is 0.555. The molecule has 0 fully saturated rings. The van der Waals surface area contributed by atoms with Crippen LogP contribution in [0.1, 0.15) is 23.0 Å². The van der Waals surface area contributed by atoms with Crippen molar-refractivity contribution in [3.8, 4) is 17.0 Å². The first-order valence-electron chi connectivity index (χ1n) is 7.96. The fourth-order valence-electron chi connectivity index (χ4n) is 2.57. The second-order valence-corrected chi connectivity index (χ2v) is 6.26. The van der Waals surface area contributed by atoms with E-state index in [9.17, 15) is 4.79 Å². The minimum atomic E-state index is -0.387. The molecular weight excluding hydrogens is 375 g/mol. The van der Waals surface area contributed by atoms with Crippen molar-refractivity contribution in [1.82, 2.24) is 5.16 Å². The molecule has 26 heavy (non-hydrogen) atoms. The van der Waals surface area contributed by atoms with Crippen LogP contribution >= 0.6 is 23.2 Å². The minimum Gasteiger partial charge on any atom is -0.492 e. The summed E-state index contributed by atoms with van der Waals surface area (Å²) in [6.07, 6.45) is 0. The van der Waals surface area contributed by atoms with E-state index in [0.29, 0.717) is 45.1 Å². The fraction of sp³-hybridized carbons (Fsp3) is 0.158. The van der Waals surface area contributed by atoms with E-state index in [2.05, 4.69) is 10.5 Å². The normalized spacial score (nSPS) is 10.6. The van der Waals surface area contributed by atoms with Crippen LogP contribution in [-0.2, 0) is 0 Å². The molecule has 0 atom stereocenters. The second-order valence-electron chi connectivity index (χ2n) is 5.44. The molecule has 1 aromatic heterocycles. The molecule has 0 aliphatic rings. The SMILES string of the molecule is CCOc1ccccc1NC(=O)c1c(-c2c(Cl)cccc2Cl)noc1C. The van der Waals surface area contributed by atoms with Gasteiger partial charge in [-0.3, -0.25) is 4.79 Å². The van der Waals surface area contributed by atoms with Crippen LogP contribution in [0.2, 0.25) is 10.0 Å². The summed E-state index contributed by atoms with van der Waals surface area (Å²) in [6, 6.07) is 12.3. The highest BCUT2D eigenvalue weighted by atomic mass is 35.5. The lowest BCUT2D eigenvalue weighted by atomic mass is 10.1. The third-order valence-electron chi connectivity index (χ3n) is 3.72. The molecular formula is C19H16Cl2N2O3. The van der Waals surface area contributed by atoms with Gasteiger partial charge in [0.1, 0.15) is 22.8 Å². The lowest BCUT2D eigenvalue weighted by Crippen LogP contribution is -2.14. The number of para-hydroxylation sites is 2. The fourth-order valence-corrected chi connectivity index (χ4v) is 3.15. The first kappa shape index (κ1) is 18.3. The Bertz CT molecular complexity index is 933. The quantitative estimate of drug-likeness (QED) is 0.614. The molecule has 0 saturated heterocycles. The van der Waals surface area contributed by atoms with Gasteiger partial charge >= 0.3 is 0 Å². The van der Waals surface area contributed by atoms with Crippen molar-refractivity contribution in [3.63, 3.8) is 0 Å². The van der Waals surface area contributed by atoms with E-state index in [4.69, 9.17) is 32.5 Å². The van der Waals surface area contributed by atoms with Crippen LogP contribution in [0, 0.1) is 6.92 Å². The molecule has 2 aromatic carbocycles. The van der Waals surface area contributed by atoms with Gasteiger partial charge in [-0.1, -0.05) is 46.6 Å². The van der Waals surface area contributed by atoms with E-state index >= 15 is 0 Å². The molecule has 3 rings (SSSR count). The van der Waals surface area contributed by atoms with E-state index in [1.54, 1.807) is 37.3 Å². The van der Waals surface area contributed by atoms with Crippen molar-refractivity contribution in [1.29, 1.82) is 0 Å². The van der Waals surface area contributed by atoms with Crippen molar-refractivity contribution < 1.29 is 14.1 Å². The molecule has 0 saturated carbocycles. The zero-order valence-corrected chi connectivity index (χ0v) is 15.7. The molecule has 0 aliphatic carbocycles. The van der Waals surface area contributed by atoms with Crippen LogP contribution in [0.15, 0.2) is 47.0 Å². The third-order valence-corrected chi connectivity index (χ3v) is 4.35. The molecule has 134 valence electrons. The Balaban J connectivity index is 2.01. The van der Waals surface area contributed by atoms with Crippen molar-refractivity contribution in [2.24, 2.45) is 0 Å². The molecule has 0 aliphatic heterocycles. The van der Waals surface area contributed by atoms with Crippen LogP contribution in [-0.4, -0.2) is 17.7 Å². The second kappa shape index (κ2) is 7.81. The number of rotatable bonds is 5. The van der Waals surface area contributed by atoms with Crippen LogP contribution in [0.4, 0.5) is 5.69 Å². The number of hydrogen-bond donors (Lipinski definition) is 1. The minimum absolute atomic E-state index is 0.270. The Hall–Kier alpha value is -2.50. The molecule has 0 radical (unpaired) electrons. The number of nitrogens with zero attached hydrogens (tertiary/aromatic N) is 1. The average molecular weight is 391 g/mol. The van der Waals surface area contributed by atoms with Gasteiger partial charge in [-0.2, -0.15) is 0 Å². The van der Waals surface area contributed by atoms with Gasteiger partial charge in [-0.15, -0.1) is 0 Å². The number of benzene rings is 2. The lowest BCUT2D eigenvalue weighted by molar-refractivity contribution is 0.102. The number of amides is 1. The third kappa shape index (κ3) is 3.54. The number of aryl methyl sites for hydroxylation is 1. The van der Waals surface area contributed by atoms with Crippen LogP contribution in [0.25, 0.3) is 11.3 Å². The highest BCUT2D eigenvalue weighted by Crippen LogP contribution is 2.37. The number of hydrogen-bond acceptors (Lipinski definition) is 4. The maximum atomic E-state index is 12.9. The Morgan fingerprint density at radius 1 is 1.15 bits per heavy atom. The Kier molecular flexibility index (Phi) is 5.49. The van der Waals surface area contributed by atoms with Crippen molar-refractivity contribution >= 4 is 34.8 Å². The van der Waals surface area contributed by atoms with Gasteiger partial charge < -0.3 is 14.6 Å². The zero-order chi connectivity index (χ0) is 18.7. The summed E-state index contributed by atoms with van der Waals surface area (Å²) in [7, 11) is 0. The highest BCUT2D eigenvalue weighted by molar-refractivity contribution is 6.39. The van der Waals surface area contributed by atoms with Crippen LogP contribution < -0.4 is 10.1 Å². The predicted molar refractivity (Wildman–Crippen MR) is 102 cm³/mol. The molecule has 7 heteroatoms. The molecule has 0 bridgehead atoms. The van der Waals surface area contributed by atoms with Gasteiger partial charge in [-0.25, -0.2) is 0 Å². The summed E-state index contributed by atoms with van der Waals surface area (Å²) in [4.78, 5) is 12.9. The highest BCUT2D eigenvalue weighted by Gasteiger charge is 2.25. The van der Waals surface area contributed by atoms with Gasteiger partial charge in [0.05, 0.1) is 22.3 Å². The number of nitrogens with one attached hydrogen (secondary N) is 1. The topological polar surface area (TPSA) is 64.4 Å². The lowest BCUT2D eigenvalue weighted by Gasteiger charge is -2.12. The smallest absolute Gasteiger partial charge is 0.261 e. The van der Waals surface area contributed by atoms with Crippen LogP contribution in [0.5, 0.6) is 5.75 Å². The van der Waals surface area contributed by atoms with E-state index in [-0.39, 0.29) is 11.5 Å². The summed E-state index contributed by atoms with van der Waals surface area (Å²) in [6.45, 7) is 4.02. The average Bonchev–Trinajstić information content (AvgIpc) is 2.98. The molecule has 0 spiro atoms. The van der Waals surface area contributed by atoms with E-state index in [1.165, 1.54) is 0 Å². The van der Waals surface area contributed by atoms with E-state index in [0.717, 1.165) is 0 Å². The number of aromatic nitrogens is 1. The van der Waals surface area contributed by atoms with Gasteiger partial charge in [0.25, 0.3) is 5.91 Å². The predicted octanol–water partition coefficient (Wildman–Crippen LogP) is 5.61. The molecule has 5 nitrogen and oxygen atoms in total. The Labute approximate surface area is 160 Å². The molecule has 1 heterocycles. The van der Waals surface area contributed by atoms with Gasteiger partial charge in [-0.05, 0) is 38.1 Å². The monoisotopic (exact) mass is 390 g/mol. The van der Waals surface area contributed by atoms with Crippen LogP contribution in [0.3, 0.4) is 0 Å². The number of ether oxygens (including phenoxy) is 1. The Morgan fingerprint density at radius 3 is 2.54 bits per heavy atom. The Morgan fingerprint density at radius 2 is 1.85 bits per heavy atom. The van der Waals surface area contributed by atoms with Gasteiger partial charge in [0.15, 0.2) is 0 Å². The van der Waals surface area contributed by atoms with Crippen molar-refractivity contribution in [2.75, 3.05) is 11.9 Å². The zero-order valence-electron chi connectivity index (χ0n) is 14.2. The summed E-state index contributed by atoms with van der Waals surface area (Å²) in [5.41, 5.74) is 1.57. The van der Waals surface area contributed by atoms with Crippen molar-refractivity contribution in [3.05, 3.63) is 63.8 Å². The van der Waals surface area contributed by atoms with E-state index in [1.807, 2.05) is 19.1 Å². The summed E-state index contributed by atoms with van der Waals surface area (Å²) < 4.78 is 10.8. The maximum absolute atomic E-state index is 12.9. The first-order valence-corrected chi connectivity index (χ1v) is 8.72. The van der Waals surface area contributed by atoms with Gasteiger partial charge in [0, 0.05) is 5.56 Å². The van der Waals surface area contributed by atoms with E-state index < -0.39 is 0 Å². The maximum Gasteiger partial charge on any atom is 0.261 e. The standard InChI is InChI=1S/C19H16Cl2N2O3/c1-3-25-15-10-5-4-9-14(15)22-19(24)16-11(2)26-23-18(16)17-12(20)7-6-8-13(17)21/h4-10H,3H2,1-2H3,(H,22,24). The summed E-state index contributed by atoms with van der Waals surface area (Å²) in [5, 5.41) is 7.60. The first-order chi connectivity index (χ1) is 12.5. The number of carbonyl (C=O) groups excluding carboxylic acids is 1. The molecule has 1 N–H and O–H groups in total. The molecule has 1 amide bonds. The summed E-state index contributed by atoms with van der Waals surface area (Å²) >= 11 is 12.5. The van der Waals surface area contributed by atoms with Gasteiger partial charge in [0.2, 0.25) is 0 Å². The van der Waals surface area contributed by atoms with Crippen molar-refractivity contribution in [2.45, 2.75) is 13.8 Å². The molecule has 0 unspecified atom stereocenters.